The number of benzene rings is 2. The zero-order valence-corrected chi connectivity index (χ0v) is 15.3. The average Bonchev–Trinajstić information content (AvgIpc) is 2.63. The van der Waals surface area contributed by atoms with Crippen LogP contribution in [0.4, 0.5) is 5.69 Å². The Bertz CT molecular complexity index is 878. The molecule has 0 spiro atoms. The molecule has 1 N–H and O–H groups in total. The molecule has 0 amide bonds. The first kappa shape index (κ1) is 17.3. The van der Waals surface area contributed by atoms with Gasteiger partial charge in [-0.15, -0.1) is 0 Å². The molecule has 0 atom stereocenters. The lowest BCUT2D eigenvalue weighted by Crippen LogP contribution is -2.16. The van der Waals surface area contributed by atoms with Crippen molar-refractivity contribution in [2.45, 2.75) is 6.42 Å². The Morgan fingerprint density at radius 3 is 2.40 bits per heavy atom. The second-order valence-corrected chi connectivity index (χ2v) is 6.31. The highest BCUT2D eigenvalue weighted by molar-refractivity contribution is 6.08. The van der Waals surface area contributed by atoms with E-state index in [9.17, 15) is 0 Å². The summed E-state index contributed by atoms with van der Waals surface area (Å²) in [7, 11) is 7.48. The van der Waals surface area contributed by atoms with E-state index in [0.29, 0.717) is 11.5 Å². The van der Waals surface area contributed by atoms with Crippen molar-refractivity contribution in [3.05, 3.63) is 36.4 Å². The van der Waals surface area contributed by atoms with Crippen LogP contribution in [-0.4, -0.2) is 51.3 Å². The third-order valence-corrected chi connectivity index (χ3v) is 4.27. The minimum absolute atomic E-state index is 0.691. The number of aromatic nitrogens is 1. The van der Waals surface area contributed by atoms with Gasteiger partial charge in [-0.05, 0) is 39.2 Å². The molecule has 0 saturated carbocycles. The molecule has 3 rings (SSSR count). The summed E-state index contributed by atoms with van der Waals surface area (Å²) in [4.78, 5) is 6.99. The van der Waals surface area contributed by atoms with E-state index in [0.717, 1.165) is 47.0 Å². The normalized spacial score (nSPS) is 11.2. The van der Waals surface area contributed by atoms with Crippen LogP contribution in [0.25, 0.3) is 21.8 Å². The highest BCUT2D eigenvalue weighted by atomic mass is 16.5. The van der Waals surface area contributed by atoms with Crippen molar-refractivity contribution in [2.75, 3.05) is 46.7 Å². The largest absolute Gasteiger partial charge is 0.493 e. The third kappa shape index (κ3) is 3.61. The van der Waals surface area contributed by atoms with Crippen LogP contribution in [0.5, 0.6) is 11.5 Å². The first-order chi connectivity index (χ1) is 12.1. The van der Waals surface area contributed by atoms with E-state index in [4.69, 9.17) is 14.5 Å². The SMILES string of the molecule is COc1cc2nc3ccccc3c(NCCCN(C)C)c2cc1OC. The van der Waals surface area contributed by atoms with Crippen LogP contribution < -0.4 is 14.8 Å². The zero-order valence-electron chi connectivity index (χ0n) is 15.3. The molecule has 132 valence electrons. The third-order valence-electron chi connectivity index (χ3n) is 4.27. The van der Waals surface area contributed by atoms with Crippen molar-refractivity contribution in [1.82, 2.24) is 9.88 Å². The fourth-order valence-electron chi connectivity index (χ4n) is 3.02. The monoisotopic (exact) mass is 339 g/mol. The Labute approximate surface area is 148 Å². The predicted octanol–water partition coefficient (Wildman–Crippen LogP) is 3.77. The second kappa shape index (κ2) is 7.57. The molecule has 3 aromatic rings. The van der Waals surface area contributed by atoms with Crippen LogP contribution in [0.1, 0.15) is 6.42 Å². The van der Waals surface area contributed by atoms with Gasteiger partial charge in [-0.2, -0.15) is 0 Å². The Morgan fingerprint density at radius 1 is 0.960 bits per heavy atom. The van der Waals surface area contributed by atoms with E-state index < -0.39 is 0 Å². The Kier molecular flexibility index (Phi) is 5.24. The van der Waals surface area contributed by atoms with E-state index in [1.54, 1.807) is 14.2 Å². The lowest BCUT2D eigenvalue weighted by atomic mass is 10.1. The highest BCUT2D eigenvalue weighted by Gasteiger charge is 2.13. The lowest BCUT2D eigenvalue weighted by molar-refractivity contribution is 0.356. The molecule has 0 aliphatic carbocycles. The molecule has 1 aromatic heterocycles. The van der Waals surface area contributed by atoms with Gasteiger partial charge < -0.3 is 19.7 Å². The molecule has 5 nitrogen and oxygen atoms in total. The number of pyridine rings is 1. The molecule has 2 aromatic carbocycles. The summed E-state index contributed by atoms with van der Waals surface area (Å²) in [6, 6.07) is 12.1. The number of rotatable bonds is 7. The van der Waals surface area contributed by atoms with Gasteiger partial charge in [0.2, 0.25) is 0 Å². The van der Waals surface area contributed by atoms with Crippen molar-refractivity contribution in [1.29, 1.82) is 0 Å². The van der Waals surface area contributed by atoms with E-state index in [1.807, 2.05) is 30.3 Å². The first-order valence-corrected chi connectivity index (χ1v) is 8.47. The maximum absolute atomic E-state index is 5.48. The van der Waals surface area contributed by atoms with Crippen molar-refractivity contribution in [3.63, 3.8) is 0 Å². The lowest BCUT2D eigenvalue weighted by Gasteiger charge is -2.16. The number of fused-ring (bicyclic) bond motifs is 2. The molecule has 0 unspecified atom stereocenters. The Hall–Kier alpha value is -2.53. The van der Waals surface area contributed by atoms with Gasteiger partial charge in [-0.3, -0.25) is 0 Å². The molecular formula is C20H25N3O2. The van der Waals surface area contributed by atoms with E-state index >= 15 is 0 Å². The Morgan fingerprint density at radius 2 is 1.68 bits per heavy atom. The van der Waals surface area contributed by atoms with Gasteiger partial charge in [0, 0.05) is 23.4 Å². The van der Waals surface area contributed by atoms with Crippen molar-refractivity contribution in [3.8, 4) is 11.5 Å². The average molecular weight is 339 g/mol. The van der Waals surface area contributed by atoms with Gasteiger partial charge in [-0.25, -0.2) is 4.98 Å². The number of para-hydroxylation sites is 1. The van der Waals surface area contributed by atoms with Gasteiger partial charge in [0.15, 0.2) is 11.5 Å². The summed E-state index contributed by atoms with van der Waals surface area (Å²) in [5, 5.41) is 5.77. The minimum Gasteiger partial charge on any atom is -0.493 e. The number of hydrogen-bond donors (Lipinski definition) is 1. The van der Waals surface area contributed by atoms with Crippen molar-refractivity contribution >= 4 is 27.5 Å². The summed E-state index contributed by atoms with van der Waals surface area (Å²) >= 11 is 0. The molecule has 0 saturated heterocycles. The molecule has 0 fully saturated rings. The summed E-state index contributed by atoms with van der Waals surface area (Å²) in [5.41, 5.74) is 2.96. The predicted molar refractivity (Wildman–Crippen MR) is 104 cm³/mol. The molecule has 5 heteroatoms. The Balaban J connectivity index is 2.11. The number of ether oxygens (including phenoxy) is 2. The zero-order chi connectivity index (χ0) is 17.8. The summed E-state index contributed by atoms with van der Waals surface area (Å²) in [5.74, 6) is 1.40. The number of hydrogen-bond acceptors (Lipinski definition) is 5. The van der Waals surface area contributed by atoms with Crippen molar-refractivity contribution in [2.24, 2.45) is 0 Å². The van der Waals surface area contributed by atoms with E-state index in [-0.39, 0.29) is 0 Å². The van der Waals surface area contributed by atoms with Crippen LogP contribution in [0.15, 0.2) is 36.4 Å². The van der Waals surface area contributed by atoms with Crippen molar-refractivity contribution < 1.29 is 9.47 Å². The van der Waals surface area contributed by atoms with Crippen LogP contribution in [-0.2, 0) is 0 Å². The second-order valence-electron chi connectivity index (χ2n) is 6.31. The fraction of sp³-hybridized carbons (Fsp3) is 0.350. The van der Waals surface area contributed by atoms with Gasteiger partial charge >= 0.3 is 0 Å². The number of nitrogens with one attached hydrogen (secondary N) is 1. The smallest absolute Gasteiger partial charge is 0.162 e. The standard InChI is InChI=1S/C20H25N3O2/c1-23(2)11-7-10-21-20-14-8-5-6-9-16(14)22-17-13-19(25-4)18(24-3)12-15(17)20/h5-6,8-9,12-13H,7,10-11H2,1-4H3,(H,21,22). The molecule has 0 aliphatic rings. The van der Waals surface area contributed by atoms with Crippen LogP contribution in [0, 0.1) is 0 Å². The van der Waals surface area contributed by atoms with Gasteiger partial charge in [-0.1, -0.05) is 18.2 Å². The quantitative estimate of drug-likeness (QED) is 0.524. The van der Waals surface area contributed by atoms with Crippen LogP contribution >= 0.6 is 0 Å². The summed E-state index contributed by atoms with van der Waals surface area (Å²) in [6.45, 7) is 1.95. The van der Waals surface area contributed by atoms with Crippen LogP contribution in [0.3, 0.4) is 0 Å². The molecule has 0 bridgehead atoms. The molecule has 1 heterocycles. The van der Waals surface area contributed by atoms with E-state index in [2.05, 4.69) is 30.4 Å². The van der Waals surface area contributed by atoms with Gasteiger partial charge in [0.1, 0.15) is 0 Å². The van der Waals surface area contributed by atoms with E-state index in [1.165, 1.54) is 0 Å². The number of methoxy groups -OCH3 is 2. The molecular weight excluding hydrogens is 314 g/mol. The fourth-order valence-corrected chi connectivity index (χ4v) is 3.02. The van der Waals surface area contributed by atoms with Gasteiger partial charge in [0.25, 0.3) is 0 Å². The number of anilines is 1. The molecule has 25 heavy (non-hydrogen) atoms. The minimum atomic E-state index is 0.691. The topological polar surface area (TPSA) is 46.6 Å². The maximum atomic E-state index is 5.48. The molecule has 0 aliphatic heterocycles. The van der Waals surface area contributed by atoms with Crippen LogP contribution in [0.2, 0.25) is 0 Å². The first-order valence-electron chi connectivity index (χ1n) is 8.47. The van der Waals surface area contributed by atoms with Gasteiger partial charge in [0.05, 0.1) is 30.9 Å². The summed E-state index contributed by atoms with van der Waals surface area (Å²) in [6.07, 6.45) is 1.07. The summed E-state index contributed by atoms with van der Waals surface area (Å²) < 4.78 is 10.9. The maximum Gasteiger partial charge on any atom is 0.162 e. The number of nitrogens with zero attached hydrogens (tertiary/aromatic N) is 2. The molecule has 0 radical (unpaired) electrons. The highest BCUT2D eigenvalue weighted by Crippen LogP contribution is 2.37.